The topological polar surface area (TPSA) is 75.7 Å². The number of nitrogens with one attached hydrogen (secondary N) is 1. The van der Waals surface area contributed by atoms with E-state index in [2.05, 4.69) is 5.32 Å². The van der Waals surface area contributed by atoms with Crippen molar-refractivity contribution in [3.8, 4) is 0 Å². The Morgan fingerprint density at radius 1 is 0.967 bits per heavy atom. The highest BCUT2D eigenvalue weighted by Gasteiger charge is 2.37. The molecule has 0 bridgehead atoms. The van der Waals surface area contributed by atoms with Gasteiger partial charge in [0.2, 0.25) is 0 Å². The molecule has 1 unspecified atom stereocenters. The molecule has 3 amide bonds. The van der Waals surface area contributed by atoms with E-state index in [1.165, 1.54) is 11.0 Å². The number of carbonyl (C=O) groups excluding carboxylic acids is 3. The fourth-order valence-electron chi connectivity index (χ4n) is 4.06. The van der Waals surface area contributed by atoms with Gasteiger partial charge in [0.1, 0.15) is 0 Å². The molecule has 6 heteroatoms. The van der Waals surface area contributed by atoms with Gasteiger partial charge >= 0.3 is 0 Å². The van der Waals surface area contributed by atoms with Crippen molar-refractivity contribution in [3.63, 3.8) is 0 Å². The molecule has 1 N–H and O–H groups in total. The van der Waals surface area contributed by atoms with Gasteiger partial charge in [-0.25, -0.2) is 0 Å². The van der Waals surface area contributed by atoms with Gasteiger partial charge in [-0.05, 0) is 53.9 Å². The summed E-state index contributed by atoms with van der Waals surface area (Å²) in [7, 11) is 0. The van der Waals surface area contributed by atoms with Crippen LogP contribution in [-0.4, -0.2) is 41.9 Å². The molecule has 1 saturated heterocycles. The SMILES string of the molecule is O=C(Nc1ccc2ccccc2c1)c1ccc2c(c1)C(=O)N(CC1CCCO1)C2=O. The Hall–Kier alpha value is -3.51. The Bertz CT molecular complexity index is 1180. The van der Waals surface area contributed by atoms with Gasteiger partial charge in [0.15, 0.2) is 0 Å². The third kappa shape index (κ3) is 3.25. The first-order chi connectivity index (χ1) is 14.6. The minimum atomic E-state index is -0.370. The molecule has 1 atom stereocenters. The summed E-state index contributed by atoms with van der Waals surface area (Å²) in [6.45, 7) is 0.915. The average Bonchev–Trinajstić information content (AvgIpc) is 3.36. The summed E-state index contributed by atoms with van der Waals surface area (Å²) in [5.41, 5.74) is 1.60. The summed E-state index contributed by atoms with van der Waals surface area (Å²) >= 11 is 0. The quantitative estimate of drug-likeness (QED) is 0.675. The Morgan fingerprint density at radius 2 is 1.77 bits per heavy atom. The Morgan fingerprint density at radius 3 is 2.57 bits per heavy atom. The Balaban J connectivity index is 1.36. The van der Waals surface area contributed by atoms with Gasteiger partial charge in [-0.3, -0.25) is 19.3 Å². The van der Waals surface area contributed by atoms with E-state index in [9.17, 15) is 14.4 Å². The molecule has 3 aromatic carbocycles. The summed E-state index contributed by atoms with van der Waals surface area (Å²) in [6.07, 6.45) is 1.67. The molecule has 2 aliphatic rings. The molecule has 2 aliphatic heterocycles. The van der Waals surface area contributed by atoms with Gasteiger partial charge < -0.3 is 10.1 Å². The van der Waals surface area contributed by atoms with Crippen molar-refractivity contribution >= 4 is 34.2 Å². The molecule has 0 aromatic heterocycles. The van der Waals surface area contributed by atoms with Crippen LogP contribution >= 0.6 is 0 Å². The number of ether oxygens (including phenoxy) is 1. The van der Waals surface area contributed by atoms with Gasteiger partial charge in [0, 0.05) is 17.9 Å². The zero-order chi connectivity index (χ0) is 20.7. The van der Waals surface area contributed by atoms with Crippen LogP contribution in [0.5, 0.6) is 0 Å². The molecule has 3 aromatic rings. The zero-order valence-electron chi connectivity index (χ0n) is 16.3. The van der Waals surface area contributed by atoms with Crippen LogP contribution in [0.3, 0.4) is 0 Å². The van der Waals surface area contributed by atoms with E-state index in [-0.39, 0.29) is 35.9 Å². The Kier molecular flexibility index (Phi) is 4.56. The van der Waals surface area contributed by atoms with Gasteiger partial charge in [-0.1, -0.05) is 30.3 Å². The summed E-state index contributed by atoms with van der Waals surface area (Å²) in [6, 6.07) is 18.2. The highest BCUT2D eigenvalue weighted by Crippen LogP contribution is 2.27. The maximum atomic E-state index is 12.8. The molecule has 6 nitrogen and oxygen atoms in total. The number of hydrogen-bond donors (Lipinski definition) is 1. The van der Waals surface area contributed by atoms with Crippen molar-refractivity contribution < 1.29 is 19.1 Å². The van der Waals surface area contributed by atoms with E-state index < -0.39 is 0 Å². The van der Waals surface area contributed by atoms with Crippen molar-refractivity contribution in [2.75, 3.05) is 18.5 Å². The predicted octanol–water partition coefficient (Wildman–Crippen LogP) is 3.87. The second kappa shape index (κ2) is 7.39. The molecule has 0 spiro atoms. The predicted molar refractivity (Wildman–Crippen MR) is 113 cm³/mol. The number of carbonyl (C=O) groups is 3. The monoisotopic (exact) mass is 400 g/mol. The van der Waals surface area contributed by atoms with Crippen LogP contribution in [0.4, 0.5) is 5.69 Å². The van der Waals surface area contributed by atoms with Gasteiger partial charge in [0.25, 0.3) is 17.7 Å². The molecule has 0 aliphatic carbocycles. The molecule has 2 heterocycles. The third-order valence-corrected chi connectivity index (χ3v) is 5.65. The Labute approximate surface area is 173 Å². The standard InChI is InChI=1S/C24H20N2O4/c27-22(25-18-9-7-15-4-1-2-5-16(15)12-18)17-8-10-20-21(13-17)24(29)26(23(20)28)14-19-6-3-11-30-19/h1-2,4-5,7-10,12-13,19H,3,6,11,14H2,(H,25,27). The fraction of sp³-hybridized carbons (Fsp3) is 0.208. The normalized spacial score (nSPS) is 18.1. The van der Waals surface area contributed by atoms with Gasteiger partial charge in [-0.15, -0.1) is 0 Å². The molecule has 150 valence electrons. The smallest absolute Gasteiger partial charge is 0.261 e. The number of anilines is 1. The first-order valence-electron chi connectivity index (χ1n) is 10.0. The molecule has 30 heavy (non-hydrogen) atoms. The molecule has 0 saturated carbocycles. The van der Waals surface area contributed by atoms with E-state index >= 15 is 0 Å². The lowest BCUT2D eigenvalue weighted by atomic mass is 10.0. The maximum absolute atomic E-state index is 12.8. The van der Waals surface area contributed by atoms with Crippen LogP contribution in [0, 0.1) is 0 Å². The largest absolute Gasteiger partial charge is 0.376 e. The highest BCUT2D eigenvalue weighted by molar-refractivity contribution is 6.22. The van der Waals surface area contributed by atoms with Crippen molar-refractivity contribution in [1.82, 2.24) is 4.90 Å². The number of amides is 3. The first kappa shape index (κ1) is 18.5. The molecular formula is C24H20N2O4. The minimum Gasteiger partial charge on any atom is -0.376 e. The van der Waals surface area contributed by atoms with Crippen LogP contribution in [0.2, 0.25) is 0 Å². The second-order valence-corrected chi connectivity index (χ2v) is 7.63. The highest BCUT2D eigenvalue weighted by atomic mass is 16.5. The number of fused-ring (bicyclic) bond motifs is 2. The molecule has 0 radical (unpaired) electrons. The van der Waals surface area contributed by atoms with Crippen molar-refractivity contribution in [1.29, 1.82) is 0 Å². The van der Waals surface area contributed by atoms with Gasteiger partial charge in [-0.2, -0.15) is 0 Å². The van der Waals surface area contributed by atoms with Crippen LogP contribution in [0.15, 0.2) is 60.7 Å². The van der Waals surface area contributed by atoms with E-state index in [4.69, 9.17) is 4.74 Å². The van der Waals surface area contributed by atoms with E-state index in [1.54, 1.807) is 12.1 Å². The number of rotatable bonds is 4. The molecule has 1 fully saturated rings. The van der Waals surface area contributed by atoms with E-state index in [1.807, 2.05) is 42.5 Å². The second-order valence-electron chi connectivity index (χ2n) is 7.63. The number of imide groups is 1. The van der Waals surface area contributed by atoms with Crippen molar-refractivity contribution in [3.05, 3.63) is 77.4 Å². The lowest BCUT2D eigenvalue weighted by molar-refractivity contribution is 0.0475. The van der Waals surface area contributed by atoms with E-state index in [0.717, 1.165) is 23.6 Å². The lowest BCUT2D eigenvalue weighted by Crippen LogP contribution is -2.36. The van der Waals surface area contributed by atoms with Crippen molar-refractivity contribution in [2.24, 2.45) is 0 Å². The summed E-state index contributed by atoms with van der Waals surface area (Å²) in [5.74, 6) is -1.02. The van der Waals surface area contributed by atoms with Crippen LogP contribution < -0.4 is 5.32 Å². The fourth-order valence-corrected chi connectivity index (χ4v) is 4.06. The van der Waals surface area contributed by atoms with Crippen molar-refractivity contribution in [2.45, 2.75) is 18.9 Å². The first-order valence-corrected chi connectivity index (χ1v) is 10.0. The summed E-state index contributed by atoms with van der Waals surface area (Å²) in [5, 5.41) is 4.98. The van der Waals surface area contributed by atoms with Gasteiger partial charge in [0.05, 0.1) is 23.8 Å². The summed E-state index contributed by atoms with van der Waals surface area (Å²) < 4.78 is 5.56. The molecule has 5 rings (SSSR count). The number of hydrogen-bond acceptors (Lipinski definition) is 4. The van der Waals surface area contributed by atoms with Crippen LogP contribution in [0.1, 0.15) is 43.9 Å². The average molecular weight is 400 g/mol. The van der Waals surface area contributed by atoms with Crippen LogP contribution in [0.25, 0.3) is 10.8 Å². The van der Waals surface area contributed by atoms with Crippen LogP contribution in [-0.2, 0) is 4.74 Å². The van der Waals surface area contributed by atoms with E-state index in [0.29, 0.717) is 23.4 Å². The minimum absolute atomic E-state index is 0.108. The number of benzene rings is 3. The third-order valence-electron chi connectivity index (χ3n) is 5.65. The zero-order valence-corrected chi connectivity index (χ0v) is 16.3. The molecular weight excluding hydrogens is 380 g/mol. The number of nitrogens with zero attached hydrogens (tertiary/aromatic N) is 1. The maximum Gasteiger partial charge on any atom is 0.261 e. The summed E-state index contributed by atoms with van der Waals surface area (Å²) in [4.78, 5) is 39.4. The lowest BCUT2D eigenvalue weighted by Gasteiger charge is -2.17.